The van der Waals surface area contributed by atoms with Crippen LogP contribution in [0.15, 0.2) is 57.0 Å². The van der Waals surface area contributed by atoms with Gasteiger partial charge in [0.05, 0.1) is 5.57 Å². The highest BCUT2D eigenvalue weighted by molar-refractivity contribution is 9.10. The molecule has 26 heavy (non-hydrogen) atoms. The molecule has 1 heterocycles. The van der Waals surface area contributed by atoms with E-state index in [1.165, 1.54) is 12.1 Å². The first-order chi connectivity index (χ1) is 12.1. The number of phenolic OH excluding ortho intramolecular Hbond substituents is 1. The van der Waals surface area contributed by atoms with Gasteiger partial charge in [-0.1, -0.05) is 44.0 Å². The van der Waals surface area contributed by atoms with Crippen molar-refractivity contribution >= 4 is 43.9 Å². The van der Waals surface area contributed by atoms with E-state index in [-0.39, 0.29) is 5.75 Å². The molecule has 1 aliphatic rings. The van der Waals surface area contributed by atoms with Crippen LogP contribution in [0.4, 0.5) is 13.2 Å². The molecule has 0 aliphatic carbocycles. The number of rotatable bonds is 1. The van der Waals surface area contributed by atoms with Gasteiger partial charge in [-0.2, -0.15) is 13.2 Å². The van der Waals surface area contributed by atoms with Crippen molar-refractivity contribution in [3.63, 3.8) is 0 Å². The molecule has 0 bridgehead atoms. The van der Waals surface area contributed by atoms with Gasteiger partial charge in [0.25, 0.3) is 0 Å². The van der Waals surface area contributed by atoms with Gasteiger partial charge in [-0.3, -0.25) is 0 Å². The second kappa shape index (κ2) is 8.13. The molecule has 1 unspecified atom stereocenters. The molecule has 0 saturated heterocycles. The van der Waals surface area contributed by atoms with E-state index in [0.717, 1.165) is 10.5 Å². The summed E-state index contributed by atoms with van der Waals surface area (Å²) in [4.78, 5) is 10.8. The summed E-state index contributed by atoms with van der Waals surface area (Å²) in [6.07, 6.45) is -6.24. The van der Waals surface area contributed by atoms with E-state index < -0.39 is 23.8 Å². The van der Waals surface area contributed by atoms with Gasteiger partial charge in [0, 0.05) is 14.5 Å². The highest BCUT2D eigenvalue weighted by Gasteiger charge is 2.48. The molecule has 0 radical (unpaired) electrons. The second-order valence-corrected chi connectivity index (χ2v) is 6.94. The molecule has 1 atom stereocenters. The maximum Gasteiger partial charge on any atom is 0.430 e. The number of alkyl halides is 3. The molecule has 0 saturated carbocycles. The van der Waals surface area contributed by atoms with Crippen molar-refractivity contribution in [1.29, 1.82) is 0 Å². The van der Waals surface area contributed by atoms with Gasteiger partial charge in [0.2, 0.25) is 6.10 Å². The summed E-state index contributed by atoms with van der Waals surface area (Å²) in [6.45, 7) is 0. The van der Waals surface area contributed by atoms with Crippen LogP contribution in [-0.2, 0) is 4.79 Å². The quantitative estimate of drug-likeness (QED) is 0.556. The zero-order valence-corrected chi connectivity index (χ0v) is 16.0. The fourth-order valence-electron chi connectivity index (χ4n) is 2.06. The summed E-state index contributed by atoms with van der Waals surface area (Å²) in [7, 11) is 0. The Kier molecular flexibility index (Phi) is 6.35. The molecule has 0 spiro atoms. The molecule has 2 aromatic carbocycles. The maximum absolute atomic E-state index is 12.7. The highest BCUT2D eigenvalue weighted by atomic mass is 79.9. The SMILES string of the molecule is O=C(O)C1=Cc2ccc(Br)cc2OC1C(F)(F)F.Oc1cccc(Br)c1. The number of halogens is 5. The van der Waals surface area contributed by atoms with Crippen LogP contribution in [0.1, 0.15) is 5.56 Å². The van der Waals surface area contributed by atoms with Crippen LogP contribution in [0.2, 0.25) is 0 Å². The normalized spacial score (nSPS) is 15.7. The maximum atomic E-state index is 12.7. The third kappa shape index (κ3) is 5.25. The molecule has 1 aliphatic heterocycles. The lowest BCUT2D eigenvalue weighted by atomic mass is 10.0. The number of ether oxygens (including phenoxy) is 1. The molecular weight excluding hydrogens is 485 g/mol. The van der Waals surface area contributed by atoms with Crippen LogP contribution in [0.5, 0.6) is 11.5 Å². The molecule has 9 heteroatoms. The Hall–Kier alpha value is -2.00. The monoisotopic (exact) mass is 494 g/mol. The zero-order valence-electron chi connectivity index (χ0n) is 12.8. The Morgan fingerprint density at radius 3 is 2.23 bits per heavy atom. The van der Waals surface area contributed by atoms with Gasteiger partial charge >= 0.3 is 12.1 Å². The minimum absolute atomic E-state index is 0.00306. The van der Waals surface area contributed by atoms with Crippen molar-refractivity contribution in [2.75, 3.05) is 0 Å². The second-order valence-electron chi connectivity index (χ2n) is 5.11. The number of fused-ring (bicyclic) bond motifs is 1. The third-order valence-electron chi connectivity index (χ3n) is 3.17. The summed E-state index contributed by atoms with van der Waals surface area (Å²) in [6, 6.07) is 11.3. The predicted octanol–water partition coefficient (Wildman–Crippen LogP) is 5.40. The van der Waals surface area contributed by atoms with Gasteiger partial charge in [-0.25, -0.2) is 4.79 Å². The molecular formula is C17H11Br2F3O4. The number of carboxylic acids is 1. The van der Waals surface area contributed by atoms with Crippen molar-refractivity contribution in [3.05, 3.63) is 62.5 Å². The highest BCUT2D eigenvalue weighted by Crippen LogP contribution is 2.38. The first kappa shape index (κ1) is 20.3. The Morgan fingerprint density at radius 1 is 1.08 bits per heavy atom. The van der Waals surface area contributed by atoms with E-state index in [4.69, 9.17) is 14.9 Å². The largest absolute Gasteiger partial charge is 0.508 e. The summed E-state index contributed by atoms with van der Waals surface area (Å²) >= 11 is 6.31. The molecule has 138 valence electrons. The molecule has 0 amide bonds. The van der Waals surface area contributed by atoms with Gasteiger partial charge in [0.15, 0.2) is 0 Å². The van der Waals surface area contributed by atoms with Crippen molar-refractivity contribution in [1.82, 2.24) is 0 Å². The molecule has 4 nitrogen and oxygen atoms in total. The fourth-order valence-corrected chi connectivity index (χ4v) is 2.78. The molecule has 3 rings (SSSR count). The van der Waals surface area contributed by atoms with Crippen LogP contribution < -0.4 is 4.74 Å². The summed E-state index contributed by atoms with van der Waals surface area (Å²) in [5.41, 5.74) is -0.520. The number of carboxylic acid groups (broad SMARTS) is 1. The number of benzene rings is 2. The standard InChI is InChI=1S/C11H6BrF3O3.C6H5BrO/c12-6-2-1-5-3-7(10(16)17)9(11(13,14)15)18-8(5)4-6;7-5-2-1-3-6(8)4-5/h1-4,9H,(H,16,17);1-4,8H. The number of hydrogen-bond donors (Lipinski definition) is 2. The van der Waals surface area contributed by atoms with Crippen molar-refractivity contribution < 1.29 is 32.9 Å². The molecule has 2 aromatic rings. The van der Waals surface area contributed by atoms with Gasteiger partial charge in [-0.15, -0.1) is 0 Å². The van der Waals surface area contributed by atoms with Crippen molar-refractivity contribution in [2.45, 2.75) is 12.3 Å². The van der Waals surface area contributed by atoms with E-state index in [0.29, 0.717) is 15.8 Å². The average Bonchev–Trinajstić information content (AvgIpc) is 2.53. The van der Waals surface area contributed by atoms with E-state index in [9.17, 15) is 18.0 Å². The summed E-state index contributed by atoms with van der Waals surface area (Å²) in [5.74, 6) is -1.36. The number of aliphatic carboxylic acids is 1. The topological polar surface area (TPSA) is 66.8 Å². The van der Waals surface area contributed by atoms with E-state index in [2.05, 4.69) is 31.9 Å². The summed E-state index contributed by atoms with van der Waals surface area (Å²) in [5, 5.41) is 17.6. The predicted molar refractivity (Wildman–Crippen MR) is 96.0 cm³/mol. The van der Waals surface area contributed by atoms with Crippen LogP contribution >= 0.6 is 31.9 Å². The Balaban J connectivity index is 0.000000254. The minimum Gasteiger partial charge on any atom is -0.508 e. The zero-order chi connectivity index (χ0) is 19.5. The lowest BCUT2D eigenvalue weighted by Gasteiger charge is -2.27. The smallest absolute Gasteiger partial charge is 0.430 e. The number of aromatic hydroxyl groups is 1. The van der Waals surface area contributed by atoms with E-state index in [1.807, 2.05) is 6.07 Å². The van der Waals surface area contributed by atoms with Crippen LogP contribution in [0.25, 0.3) is 6.08 Å². The Morgan fingerprint density at radius 2 is 1.73 bits per heavy atom. The van der Waals surface area contributed by atoms with Crippen LogP contribution in [-0.4, -0.2) is 28.5 Å². The third-order valence-corrected chi connectivity index (χ3v) is 4.15. The lowest BCUT2D eigenvalue weighted by molar-refractivity contribution is -0.187. The minimum atomic E-state index is -4.77. The first-order valence-corrected chi connectivity index (χ1v) is 8.59. The molecule has 2 N–H and O–H groups in total. The van der Waals surface area contributed by atoms with Gasteiger partial charge in [0.1, 0.15) is 11.5 Å². The van der Waals surface area contributed by atoms with E-state index in [1.54, 1.807) is 24.3 Å². The van der Waals surface area contributed by atoms with Crippen molar-refractivity contribution in [2.24, 2.45) is 0 Å². The lowest BCUT2D eigenvalue weighted by Crippen LogP contribution is -2.40. The van der Waals surface area contributed by atoms with Crippen LogP contribution in [0.3, 0.4) is 0 Å². The van der Waals surface area contributed by atoms with Gasteiger partial charge < -0.3 is 14.9 Å². The number of phenols is 1. The Bertz CT molecular complexity index is 833. The van der Waals surface area contributed by atoms with Crippen molar-refractivity contribution in [3.8, 4) is 11.5 Å². The number of hydrogen-bond acceptors (Lipinski definition) is 3. The van der Waals surface area contributed by atoms with Gasteiger partial charge in [-0.05, 0) is 36.4 Å². The molecule has 0 aromatic heterocycles. The van der Waals surface area contributed by atoms with E-state index >= 15 is 0 Å². The average molecular weight is 496 g/mol. The molecule has 0 fully saturated rings. The Labute approximate surface area is 163 Å². The van der Waals surface area contributed by atoms with Crippen LogP contribution in [0, 0.1) is 0 Å². The first-order valence-electron chi connectivity index (χ1n) is 7.00. The number of carbonyl (C=O) groups is 1. The summed E-state index contributed by atoms with van der Waals surface area (Å²) < 4.78 is 44.3. The fraction of sp³-hybridized carbons (Fsp3) is 0.118.